The van der Waals surface area contributed by atoms with E-state index in [9.17, 15) is 19.5 Å². The lowest BCUT2D eigenvalue weighted by Crippen LogP contribution is -2.71. The van der Waals surface area contributed by atoms with Crippen LogP contribution in [0.5, 0.6) is 0 Å². The molecular weight excluding hydrogens is 561 g/mol. The Hall–Kier alpha value is -3.15. The molecule has 2 atom stereocenters. The minimum Gasteiger partial charge on any atom is -0.543 e. The van der Waals surface area contributed by atoms with Gasteiger partial charge in [-0.25, -0.2) is 4.57 Å². The van der Waals surface area contributed by atoms with Crippen molar-refractivity contribution < 1.29 is 28.9 Å². The SMILES string of the molecule is CCO/N=C(\C(=O)N[C@@H]1C(=O)N2C(C(=O)[O-])=C(C[n+]3cc4sccn4c3SC)CS[C@H]12)c1nsc(N)n1. The van der Waals surface area contributed by atoms with E-state index in [1.54, 1.807) is 18.3 Å². The predicted molar refractivity (Wildman–Crippen MR) is 137 cm³/mol. The summed E-state index contributed by atoms with van der Waals surface area (Å²) in [6.07, 6.45) is 5.85. The largest absolute Gasteiger partial charge is 0.543 e. The molecule has 194 valence electrons. The first-order valence-corrected chi connectivity index (χ1v) is 14.8. The third-order valence-electron chi connectivity index (χ3n) is 5.58. The van der Waals surface area contributed by atoms with Crippen LogP contribution in [-0.4, -0.2) is 72.2 Å². The van der Waals surface area contributed by atoms with E-state index in [4.69, 9.17) is 10.6 Å². The van der Waals surface area contributed by atoms with Crippen LogP contribution in [0.2, 0.25) is 0 Å². The van der Waals surface area contributed by atoms with Gasteiger partial charge in [0.15, 0.2) is 5.13 Å². The molecule has 0 spiro atoms. The second kappa shape index (κ2) is 10.3. The number of carboxylic acids is 1. The number of amides is 2. The Kier molecular flexibility index (Phi) is 7.11. The summed E-state index contributed by atoms with van der Waals surface area (Å²) in [5.74, 6) is -2.41. The van der Waals surface area contributed by atoms with E-state index in [2.05, 4.69) is 19.8 Å². The molecule has 17 heteroatoms. The van der Waals surface area contributed by atoms with E-state index < -0.39 is 29.2 Å². The van der Waals surface area contributed by atoms with Crippen molar-refractivity contribution in [2.75, 3.05) is 24.3 Å². The molecule has 37 heavy (non-hydrogen) atoms. The number of rotatable bonds is 9. The van der Waals surface area contributed by atoms with Crippen molar-refractivity contribution >= 4 is 79.9 Å². The molecule has 2 amide bonds. The first-order chi connectivity index (χ1) is 17.8. The number of fused-ring (bicyclic) bond motifs is 2. The van der Waals surface area contributed by atoms with Gasteiger partial charge >= 0.3 is 5.16 Å². The van der Waals surface area contributed by atoms with Gasteiger partial charge in [-0.1, -0.05) is 16.5 Å². The molecule has 0 aromatic carbocycles. The quantitative estimate of drug-likeness (QED) is 0.108. The number of carbonyl (C=O) groups excluding carboxylic acids is 3. The zero-order valence-corrected chi connectivity index (χ0v) is 22.7. The molecule has 0 unspecified atom stereocenters. The molecule has 1 fully saturated rings. The van der Waals surface area contributed by atoms with Gasteiger partial charge in [0.2, 0.25) is 16.4 Å². The van der Waals surface area contributed by atoms with Crippen molar-refractivity contribution in [3.05, 3.63) is 34.9 Å². The molecule has 2 aliphatic rings. The molecule has 2 aliphatic heterocycles. The smallest absolute Gasteiger partial charge is 0.323 e. The Bertz CT molecular complexity index is 1460. The number of carbonyl (C=O) groups is 3. The minimum atomic E-state index is -1.44. The van der Waals surface area contributed by atoms with E-state index in [1.807, 2.05) is 33.0 Å². The first kappa shape index (κ1) is 25.5. The highest BCUT2D eigenvalue weighted by Gasteiger charge is 2.53. The number of anilines is 1. The van der Waals surface area contributed by atoms with Gasteiger partial charge in [0.05, 0.1) is 11.7 Å². The van der Waals surface area contributed by atoms with E-state index >= 15 is 0 Å². The zero-order chi connectivity index (χ0) is 26.3. The van der Waals surface area contributed by atoms with E-state index in [0.717, 1.165) is 21.5 Å². The summed E-state index contributed by atoms with van der Waals surface area (Å²) >= 11 is 5.36. The number of hydrogen-bond acceptors (Lipinski definition) is 13. The molecule has 3 aromatic heterocycles. The molecule has 5 rings (SSSR count). The van der Waals surface area contributed by atoms with Crippen LogP contribution in [0.15, 0.2) is 39.4 Å². The molecule has 13 nitrogen and oxygen atoms in total. The van der Waals surface area contributed by atoms with Gasteiger partial charge in [0.1, 0.15) is 37.0 Å². The van der Waals surface area contributed by atoms with Crippen LogP contribution in [-0.2, 0) is 25.8 Å². The molecule has 0 radical (unpaired) electrons. The Morgan fingerprint density at radius 1 is 1.46 bits per heavy atom. The lowest BCUT2D eigenvalue weighted by atomic mass is 10.0. The number of thioether (sulfide) groups is 2. The average molecular weight is 581 g/mol. The Labute approximate surface area is 226 Å². The number of nitrogens with two attached hydrogens (primary N) is 1. The maximum absolute atomic E-state index is 13.1. The standard InChI is InChI=1S/C20H20N8O5S4/c1-3-33-24-11(14-23-19(21)37-25-14)15(29)22-12-16(30)28-13(18(31)32)9(8-36-17(12)28)6-26-7-10-27(4-5-35-10)20(26)34-2/h4-5,7,12,17H,3,6,8H2,1-2H3,(H3-,21,22,23,25,29,31,32)/b24-11-/t12-,17-/m1/s1. The van der Waals surface area contributed by atoms with Crippen LogP contribution >= 0.6 is 46.4 Å². The number of nitrogens with zero attached hydrogens (tertiary/aromatic N) is 6. The van der Waals surface area contributed by atoms with Gasteiger partial charge in [-0.2, -0.15) is 13.8 Å². The van der Waals surface area contributed by atoms with Gasteiger partial charge in [-0.05, 0) is 24.9 Å². The second-order valence-corrected chi connectivity index (χ2v) is 11.4. The van der Waals surface area contributed by atoms with E-state index in [-0.39, 0.29) is 35.5 Å². The molecular formula is C20H20N8O5S4. The summed E-state index contributed by atoms with van der Waals surface area (Å²) in [6, 6.07) is -0.967. The van der Waals surface area contributed by atoms with Crippen LogP contribution < -0.4 is 20.7 Å². The van der Waals surface area contributed by atoms with Gasteiger partial charge in [0.25, 0.3) is 11.8 Å². The molecule has 3 N–H and O–H groups in total. The Morgan fingerprint density at radius 3 is 2.95 bits per heavy atom. The highest BCUT2D eigenvalue weighted by Crippen LogP contribution is 2.40. The number of nitrogen functional groups attached to an aromatic ring is 1. The normalized spacial score (nSPS) is 19.7. The monoisotopic (exact) mass is 580 g/mol. The molecule has 1 saturated heterocycles. The van der Waals surface area contributed by atoms with Gasteiger partial charge in [-0.15, -0.1) is 11.8 Å². The fourth-order valence-electron chi connectivity index (χ4n) is 4.05. The summed E-state index contributed by atoms with van der Waals surface area (Å²) < 4.78 is 7.98. The summed E-state index contributed by atoms with van der Waals surface area (Å²) in [7, 11) is 0. The van der Waals surface area contributed by atoms with Crippen LogP contribution in [0.1, 0.15) is 12.7 Å². The van der Waals surface area contributed by atoms with Crippen molar-refractivity contribution in [2.24, 2.45) is 5.16 Å². The summed E-state index contributed by atoms with van der Waals surface area (Å²) in [6.45, 7) is 2.18. The molecule has 0 aliphatic carbocycles. The highest BCUT2D eigenvalue weighted by atomic mass is 32.2. The number of aliphatic carboxylic acids is 1. The maximum Gasteiger partial charge on any atom is 0.323 e. The number of imidazole rings is 1. The topological polar surface area (TPSA) is 171 Å². The molecule has 0 bridgehead atoms. The fraction of sp³-hybridized carbons (Fsp3) is 0.350. The van der Waals surface area contributed by atoms with Gasteiger partial charge in [-0.3, -0.25) is 14.5 Å². The maximum atomic E-state index is 13.1. The van der Waals surface area contributed by atoms with Crippen LogP contribution in [0.4, 0.5) is 5.13 Å². The van der Waals surface area contributed by atoms with Gasteiger partial charge < -0.3 is 25.8 Å². The number of thiazole rings is 1. The first-order valence-electron chi connectivity index (χ1n) is 10.8. The van der Waals surface area contributed by atoms with Crippen molar-refractivity contribution in [3.8, 4) is 0 Å². The Balaban J connectivity index is 1.37. The number of carboxylic acid groups (broad SMARTS) is 1. The zero-order valence-electron chi connectivity index (χ0n) is 19.4. The van der Waals surface area contributed by atoms with Gasteiger partial charge in [0, 0.05) is 28.2 Å². The summed E-state index contributed by atoms with van der Waals surface area (Å²) in [4.78, 5) is 49.4. The van der Waals surface area contributed by atoms with Crippen molar-refractivity contribution in [3.63, 3.8) is 0 Å². The van der Waals surface area contributed by atoms with Crippen molar-refractivity contribution in [1.29, 1.82) is 0 Å². The third kappa shape index (κ3) is 4.55. The Morgan fingerprint density at radius 2 is 2.27 bits per heavy atom. The number of aromatic nitrogens is 4. The predicted octanol–water partition coefficient (Wildman–Crippen LogP) is -0.711. The molecule has 3 aromatic rings. The minimum absolute atomic E-state index is 0.0277. The van der Waals surface area contributed by atoms with Crippen LogP contribution in [0.25, 0.3) is 4.83 Å². The third-order valence-corrected chi connectivity index (χ3v) is 9.06. The summed E-state index contributed by atoms with van der Waals surface area (Å²) in [5.41, 5.74) is 5.79. The van der Waals surface area contributed by atoms with Crippen LogP contribution in [0, 0.1) is 0 Å². The average Bonchev–Trinajstić information content (AvgIpc) is 3.58. The van der Waals surface area contributed by atoms with E-state index in [0.29, 0.717) is 11.3 Å². The van der Waals surface area contributed by atoms with Crippen molar-refractivity contribution in [2.45, 2.75) is 30.0 Å². The fourth-order valence-corrected chi connectivity index (χ4v) is 7.36. The number of β-lactam (4-membered cyclic amide) rings is 1. The van der Waals surface area contributed by atoms with Crippen LogP contribution in [0.3, 0.4) is 0 Å². The van der Waals surface area contributed by atoms with Crippen molar-refractivity contribution in [1.82, 2.24) is 24.0 Å². The molecule has 5 heterocycles. The number of nitrogens with one attached hydrogen (secondary N) is 1. The molecule has 0 saturated carbocycles. The number of hydrogen-bond donors (Lipinski definition) is 2. The lowest BCUT2D eigenvalue weighted by Gasteiger charge is -2.50. The second-order valence-electron chi connectivity index (χ2n) is 7.77. The lowest BCUT2D eigenvalue weighted by molar-refractivity contribution is -0.724. The summed E-state index contributed by atoms with van der Waals surface area (Å²) in [5, 5.41) is 21.0. The number of oxime groups is 1. The van der Waals surface area contributed by atoms with E-state index in [1.165, 1.54) is 28.4 Å². The highest BCUT2D eigenvalue weighted by molar-refractivity contribution is 8.00.